The van der Waals surface area contributed by atoms with Gasteiger partial charge in [0.05, 0.1) is 19.8 Å². The van der Waals surface area contributed by atoms with Crippen LogP contribution in [0.3, 0.4) is 0 Å². The Kier molecular flexibility index (Phi) is 3.06. The van der Waals surface area contributed by atoms with Gasteiger partial charge >= 0.3 is 0 Å². The van der Waals surface area contributed by atoms with Crippen LogP contribution in [0.2, 0.25) is 0 Å². The molecule has 1 aromatic carbocycles. The van der Waals surface area contributed by atoms with Crippen LogP contribution < -0.4 is 10.1 Å². The lowest BCUT2D eigenvalue weighted by Gasteiger charge is -2.13. The molecule has 1 aromatic rings. The van der Waals surface area contributed by atoms with Crippen molar-refractivity contribution in [2.45, 2.75) is 12.5 Å². The Balaban J connectivity index is 2.09. The highest BCUT2D eigenvalue weighted by Crippen LogP contribution is 2.21. The van der Waals surface area contributed by atoms with Gasteiger partial charge in [-0.05, 0) is 12.5 Å². The van der Waals surface area contributed by atoms with Gasteiger partial charge in [-0.15, -0.1) is 0 Å². The van der Waals surface area contributed by atoms with E-state index in [-0.39, 0.29) is 11.9 Å². The van der Waals surface area contributed by atoms with Gasteiger partial charge in [-0.25, -0.2) is 4.39 Å². The Morgan fingerprint density at radius 3 is 3.00 bits per heavy atom. The van der Waals surface area contributed by atoms with E-state index in [4.69, 9.17) is 9.47 Å². The van der Waals surface area contributed by atoms with E-state index in [2.05, 4.69) is 5.32 Å². The predicted octanol–water partition coefficient (Wildman–Crippen LogP) is 2.04. The third kappa shape index (κ3) is 2.59. The summed E-state index contributed by atoms with van der Waals surface area (Å²) >= 11 is 0. The second-order valence-corrected chi connectivity index (χ2v) is 3.58. The summed E-state index contributed by atoms with van der Waals surface area (Å²) in [5.74, 6) is 0.229. The molecule has 1 unspecified atom stereocenters. The van der Waals surface area contributed by atoms with Crippen molar-refractivity contribution in [2.24, 2.45) is 0 Å². The van der Waals surface area contributed by atoms with Crippen molar-refractivity contribution in [2.75, 3.05) is 25.6 Å². The maximum absolute atomic E-state index is 13.1. The molecule has 2 rings (SSSR count). The molecule has 1 aliphatic rings. The summed E-state index contributed by atoms with van der Waals surface area (Å²) in [4.78, 5) is 0. The van der Waals surface area contributed by atoms with Gasteiger partial charge in [0.15, 0.2) is 0 Å². The van der Waals surface area contributed by atoms with Crippen molar-refractivity contribution in [3.63, 3.8) is 0 Å². The fraction of sp³-hybridized carbons (Fsp3) is 0.455. The molecule has 0 bridgehead atoms. The van der Waals surface area contributed by atoms with E-state index in [1.807, 2.05) is 0 Å². The second kappa shape index (κ2) is 4.49. The van der Waals surface area contributed by atoms with E-state index in [1.54, 1.807) is 6.07 Å². The van der Waals surface area contributed by atoms with Gasteiger partial charge in [0.1, 0.15) is 11.6 Å². The smallest absolute Gasteiger partial charge is 0.128 e. The fourth-order valence-electron chi connectivity index (χ4n) is 1.65. The Hall–Kier alpha value is -1.29. The number of ether oxygens (including phenoxy) is 2. The zero-order valence-corrected chi connectivity index (χ0v) is 8.63. The summed E-state index contributed by atoms with van der Waals surface area (Å²) < 4.78 is 23.4. The monoisotopic (exact) mass is 211 g/mol. The number of anilines is 1. The average Bonchev–Trinajstić information content (AvgIpc) is 2.69. The minimum atomic E-state index is -0.296. The number of methoxy groups -OCH3 is 1. The van der Waals surface area contributed by atoms with Gasteiger partial charge < -0.3 is 14.8 Å². The van der Waals surface area contributed by atoms with Crippen LogP contribution in [0, 0.1) is 5.82 Å². The van der Waals surface area contributed by atoms with E-state index in [1.165, 1.54) is 19.2 Å². The normalized spacial score (nSPS) is 20.3. The van der Waals surface area contributed by atoms with Crippen LogP contribution in [0.15, 0.2) is 18.2 Å². The van der Waals surface area contributed by atoms with Crippen molar-refractivity contribution in [3.05, 3.63) is 24.0 Å². The molecular formula is C11H14FNO2. The molecule has 0 saturated carbocycles. The van der Waals surface area contributed by atoms with E-state index < -0.39 is 0 Å². The van der Waals surface area contributed by atoms with E-state index >= 15 is 0 Å². The van der Waals surface area contributed by atoms with Crippen molar-refractivity contribution < 1.29 is 13.9 Å². The topological polar surface area (TPSA) is 30.5 Å². The molecule has 82 valence electrons. The second-order valence-electron chi connectivity index (χ2n) is 3.58. The third-order valence-corrected chi connectivity index (χ3v) is 2.41. The largest absolute Gasteiger partial charge is 0.497 e. The molecular weight excluding hydrogens is 197 g/mol. The van der Waals surface area contributed by atoms with Crippen LogP contribution in [-0.4, -0.2) is 26.4 Å². The third-order valence-electron chi connectivity index (χ3n) is 2.41. The molecule has 0 aliphatic carbocycles. The quantitative estimate of drug-likeness (QED) is 0.829. The van der Waals surface area contributed by atoms with Crippen molar-refractivity contribution in [1.29, 1.82) is 0 Å². The standard InChI is InChI=1S/C11H14FNO2/c1-14-11-5-8(12)4-10(6-11)13-9-2-3-15-7-9/h4-6,9,13H,2-3,7H2,1H3. The average molecular weight is 211 g/mol. The van der Waals surface area contributed by atoms with Gasteiger partial charge in [-0.3, -0.25) is 0 Å². The molecule has 0 spiro atoms. The molecule has 0 aromatic heterocycles. The number of benzene rings is 1. The lowest BCUT2D eigenvalue weighted by Crippen LogP contribution is -2.18. The van der Waals surface area contributed by atoms with Gasteiger partial charge in [-0.1, -0.05) is 0 Å². The molecule has 1 fully saturated rings. The lowest BCUT2D eigenvalue weighted by molar-refractivity contribution is 0.195. The minimum Gasteiger partial charge on any atom is -0.497 e. The summed E-state index contributed by atoms with van der Waals surface area (Å²) in [6, 6.07) is 4.87. The molecule has 4 heteroatoms. The van der Waals surface area contributed by atoms with Crippen LogP contribution >= 0.6 is 0 Å². The minimum absolute atomic E-state index is 0.275. The highest BCUT2D eigenvalue weighted by Gasteiger charge is 2.15. The molecule has 1 atom stereocenters. The molecule has 0 amide bonds. The van der Waals surface area contributed by atoms with E-state index in [0.717, 1.165) is 18.7 Å². The molecule has 1 aliphatic heterocycles. The molecule has 0 radical (unpaired) electrons. The van der Waals surface area contributed by atoms with Crippen molar-refractivity contribution in [1.82, 2.24) is 0 Å². The van der Waals surface area contributed by atoms with Crippen LogP contribution in [0.4, 0.5) is 10.1 Å². The van der Waals surface area contributed by atoms with Gasteiger partial charge in [0.25, 0.3) is 0 Å². The van der Waals surface area contributed by atoms with Gasteiger partial charge in [0, 0.05) is 24.4 Å². The van der Waals surface area contributed by atoms with Crippen molar-refractivity contribution in [3.8, 4) is 5.75 Å². The highest BCUT2D eigenvalue weighted by atomic mass is 19.1. The SMILES string of the molecule is COc1cc(F)cc(NC2CCOC2)c1. The summed E-state index contributed by atoms with van der Waals surface area (Å²) in [7, 11) is 1.53. The van der Waals surface area contributed by atoms with Crippen LogP contribution in [0.25, 0.3) is 0 Å². The summed E-state index contributed by atoms with van der Waals surface area (Å²) in [5, 5.41) is 3.21. The lowest BCUT2D eigenvalue weighted by atomic mass is 10.2. The first-order valence-electron chi connectivity index (χ1n) is 4.97. The van der Waals surface area contributed by atoms with Gasteiger partial charge in [-0.2, -0.15) is 0 Å². The number of halogens is 1. The molecule has 1 heterocycles. The summed E-state index contributed by atoms with van der Waals surface area (Å²) in [6.07, 6.45) is 0.957. The predicted molar refractivity (Wildman–Crippen MR) is 55.8 cm³/mol. The first-order chi connectivity index (χ1) is 7.28. The first kappa shape index (κ1) is 10.2. The zero-order chi connectivity index (χ0) is 10.7. The molecule has 1 saturated heterocycles. The Bertz CT molecular complexity index is 337. The number of hydrogen-bond donors (Lipinski definition) is 1. The first-order valence-corrected chi connectivity index (χ1v) is 4.97. The number of hydrogen-bond acceptors (Lipinski definition) is 3. The molecule has 3 nitrogen and oxygen atoms in total. The Morgan fingerprint density at radius 1 is 1.47 bits per heavy atom. The van der Waals surface area contributed by atoms with Crippen molar-refractivity contribution >= 4 is 5.69 Å². The summed E-state index contributed by atoms with van der Waals surface area (Å²) in [6.45, 7) is 1.45. The van der Waals surface area contributed by atoms with Crippen LogP contribution in [0.1, 0.15) is 6.42 Å². The Labute approximate surface area is 88.2 Å². The molecule has 1 N–H and O–H groups in total. The Morgan fingerprint density at radius 2 is 2.33 bits per heavy atom. The zero-order valence-electron chi connectivity index (χ0n) is 8.63. The highest BCUT2D eigenvalue weighted by molar-refractivity contribution is 5.49. The van der Waals surface area contributed by atoms with Gasteiger partial charge in [0.2, 0.25) is 0 Å². The van der Waals surface area contributed by atoms with E-state index in [9.17, 15) is 4.39 Å². The maximum Gasteiger partial charge on any atom is 0.128 e. The van der Waals surface area contributed by atoms with E-state index in [0.29, 0.717) is 12.4 Å². The fourth-order valence-corrected chi connectivity index (χ4v) is 1.65. The number of rotatable bonds is 3. The van der Waals surface area contributed by atoms with Crippen LogP contribution in [0.5, 0.6) is 5.75 Å². The van der Waals surface area contributed by atoms with Crippen LogP contribution in [-0.2, 0) is 4.74 Å². The molecule has 15 heavy (non-hydrogen) atoms. The maximum atomic E-state index is 13.1. The summed E-state index contributed by atoms with van der Waals surface area (Å²) in [5.41, 5.74) is 0.738. The number of nitrogens with one attached hydrogen (secondary N) is 1.